The Morgan fingerprint density at radius 2 is 1.74 bits per heavy atom. The molecule has 7 heteroatoms. The molecule has 0 saturated heterocycles. The molecule has 3 aromatic rings. The van der Waals surface area contributed by atoms with Crippen LogP contribution in [0, 0.1) is 13.8 Å². The van der Waals surface area contributed by atoms with Crippen molar-refractivity contribution in [3.63, 3.8) is 0 Å². The van der Waals surface area contributed by atoms with E-state index in [0.29, 0.717) is 22.0 Å². The maximum atomic E-state index is 12.7. The molecule has 0 bridgehead atoms. The number of benzene rings is 2. The number of amides is 2. The third-order valence-electron chi connectivity index (χ3n) is 4.12. The van der Waals surface area contributed by atoms with Gasteiger partial charge in [0.15, 0.2) is 0 Å². The number of aromatic nitrogens is 2. The van der Waals surface area contributed by atoms with Crippen LogP contribution < -0.4 is 10.6 Å². The van der Waals surface area contributed by atoms with E-state index in [1.54, 1.807) is 28.9 Å². The van der Waals surface area contributed by atoms with Gasteiger partial charge >= 0.3 is 0 Å². The summed E-state index contributed by atoms with van der Waals surface area (Å²) in [6.07, 6.45) is 1.54. The van der Waals surface area contributed by atoms with Crippen LogP contribution in [0.15, 0.2) is 48.7 Å². The highest BCUT2D eigenvalue weighted by atomic mass is 35.5. The molecule has 6 nitrogen and oxygen atoms in total. The summed E-state index contributed by atoms with van der Waals surface area (Å²) < 4.78 is 1.69. The minimum absolute atomic E-state index is 0.139. The van der Waals surface area contributed by atoms with Gasteiger partial charge in [-0.25, -0.2) is 4.68 Å². The molecule has 2 amide bonds. The minimum Gasteiger partial charge on any atom is -0.326 e. The Morgan fingerprint density at radius 1 is 1.04 bits per heavy atom. The summed E-state index contributed by atoms with van der Waals surface area (Å²) >= 11 is 5.92. The van der Waals surface area contributed by atoms with E-state index >= 15 is 0 Å². The number of hydrogen-bond donors (Lipinski definition) is 2. The molecule has 1 heterocycles. The molecule has 0 saturated carbocycles. The van der Waals surface area contributed by atoms with Gasteiger partial charge < -0.3 is 10.6 Å². The van der Waals surface area contributed by atoms with Gasteiger partial charge in [-0.2, -0.15) is 5.10 Å². The molecule has 0 radical (unpaired) electrons. The molecule has 0 atom stereocenters. The lowest BCUT2D eigenvalue weighted by atomic mass is 10.1. The molecule has 2 N–H and O–H groups in total. The largest absolute Gasteiger partial charge is 0.326 e. The summed E-state index contributed by atoms with van der Waals surface area (Å²) in [5.74, 6) is -0.389. The number of halogens is 1. The van der Waals surface area contributed by atoms with E-state index < -0.39 is 0 Å². The summed E-state index contributed by atoms with van der Waals surface area (Å²) in [4.78, 5) is 23.8. The molecule has 3 rings (SSSR count). The van der Waals surface area contributed by atoms with Crippen molar-refractivity contribution in [3.05, 3.63) is 70.5 Å². The SMILES string of the molecule is CC(=O)Nc1ccc(NC(=O)c2cnn(-c3ccc(Cl)cc3)c2C)cc1C. The first-order chi connectivity index (χ1) is 12.8. The molecule has 0 fully saturated rings. The number of nitrogens with one attached hydrogen (secondary N) is 2. The fourth-order valence-corrected chi connectivity index (χ4v) is 2.87. The third-order valence-corrected chi connectivity index (χ3v) is 4.37. The first-order valence-corrected chi connectivity index (χ1v) is 8.73. The van der Waals surface area contributed by atoms with Gasteiger partial charge in [-0.3, -0.25) is 9.59 Å². The Balaban J connectivity index is 1.80. The Kier molecular flexibility index (Phi) is 5.28. The van der Waals surface area contributed by atoms with E-state index in [9.17, 15) is 9.59 Å². The highest BCUT2D eigenvalue weighted by Crippen LogP contribution is 2.22. The monoisotopic (exact) mass is 382 g/mol. The third kappa shape index (κ3) is 4.17. The predicted molar refractivity (Wildman–Crippen MR) is 107 cm³/mol. The van der Waals surface area contributed by atoms with Crippen LogP contribution in [0.4, 0.5) is 11.4 Å². The van der Waals surface area contributed by atoms with Gasteiger partial charge in [-0.15, -0.1) is 0 Å². The average molecular weight is 383 g/mol. The lowest BCUT2D eigenvalue weighted by molar-refractivity contribution is -0.114. The number of hydrogen-bond acceptors (Lipinski definition) is 3. The van der Waals surface area contributed by atoms with Crippen LogP contribution in [-0.4, -0.2) is 21.6 Å². The Hall–Kier alpha value is -3.12. The van der Waals surface area contributed by atoms with Crippen LogP contribution >= 0.6 is 11.6 Å². The zero-order chi connectivity index (χ0) is 19.6. The highest BCUT2D eigenvalue weighted by molar-refractivity contribution is 6.30. The normalized spacial score (nSPS) is 10.5. The van der Waals surface area contributed by atoms with Gasteiger partial charge in [0.25, 0.3) is 5.91 Å². The van der Waals surface area contributed by atoms with Crippen LogP contribution in [0.2, 0.25) is 5.02 Å². The molecule has 27 heavy (non-hydrogen) atoms. The molecular formula is C20H19ClN4O2. The molecule has 0 aliphatic rings. The van der Waals surface area contributed by atoms with Gasteiger partial charge in [0.05, 0.1) is 23.1 Å². The van der Waals surface area contributed by atoms with Crippen molar-refractivity contribution in [3.8, 4) is 5.69 Å². The molecule has 0 unspecified atom stereocenters. The van der Waals surface area contributed by atoms with Crippen LogP contribution in [-0.2, 0) is 4.79 Å². The maximum absolute atomic E-state index is 12.7. The molecule has 0 spiro atoms. The first-order valence-electron chi connectivity index (χ1n) is 8.35. The van der Waals surface area contributed by atoms with Gasteiger partial charge in [-0.05, 0) is 61.9 Å². The second-order valence-electron chi connectivity index (χ2n) is 6.20. The predicted octanol–water partition coefficient (Wildman–Crippen LogP) is 4.35. The van der Waals surface area contributed by atoms with Gasteiger partial charge in [0.1, 0.15) is 0 Å². The quantitative estimate of drug-likeness (QED) is 0.704. The van der Waals surface area contributed by atoms with Crippen LogP contribution in [0.5, 0.6) is 0 Å². The second kappa shape index (κ2) is 7.63. The topological polar surface area (TPSA) is 76.0 Å². The number of carbonyl (C=O) groups is 2. The number of anilines is 2. The van der Waals surface area contributed by atoms with Crippen LogP contribution in [0.25, 0.3) is 5.69 Å². The Bertz CT molecular complexity index is 1010. The number of aryl methyl sites for hydroxylation is 1. The van der Waals surface area contributed by atoms with E-state index in [0.717, 1.165) is 16.9 Å². The first kappa shape index (κ1) is 18.7. The lowest BCUT2D eigenvalue weighted by Gasteiger charge is -2.10. The molecule has 0 aliphatic heterocycles. The van der Waals surface area contributed by atoms with Crippen molar-refractivity contribution in [2.24, 2.45) is 0 Å². The Morgan fingerprint density at radius 3 is 2.37 bits per heavy atom. The fourth-order valence-electron chi connectivity index (χ4n) is 2.74. The van der Waals surface area contributed by atoms with E-state index in [4.69, 9.17) is 11.6 Å². The van der Waals surface area contributed by atoms with Gasteiger partial charge in [0, 0.05) is 23.3 Å². The average Bonchev–Trinajstić information content (AvgIpc) is 2.99. The molecule has 138 valence electrons. The summed E-state index contributed by atoms with van der Waals surface area (Å²) in [6, 6.07) is 12.5. The zero-order valence-corrected chi connectivity index (χ0v) is 16.0. The summed E-state index contributed by atoms with van der Waals surface area (Å²) in [7, 11) is 0. The van der Waals surface area contributed by atoms with Gasteiger partial charge in [0.2, 0.25) is 5.91 Å². The standard InChI is InChI=1S/C20H19ClN4O2/c1-12-10-16(6-9-19(12)23-14(3)26)24-20(27)18-11-22-25(13(18)2)17-7-4-15(21)5-8-17/h4-11H,1-3H3,(H,23,26)(H,24,27). The van der Waals surface area contributed by atoms with E-state index in [1.165, 1.54) is 13.1 Å². The molecular weight excluding hydrogens is 364 g/mol. The minimum atomic E-state index is -0.251. The number of carbonyl (C=O) groups excluding carboxylic acids is 2. The van der Waals surface area contributed by atoms with E-state index in [-0.39, 0.29) is 11.8 Å². The summed E-state index contributed by atoms with van der Waals surface area (Å²) in [5.41, 5.74) is 4.25. The Labute approximate surface area is 162 Å². The van der Waals surface area contributed by atoms with Crippen molar-refractivity contribution >= 4 is 34.8 Å². The van der Waals surface area contributed by atoms with Crippen molar-refractivity contribution < 1.29 is 9.59 Å². The van der Waals surface area contributed by atoms with Crippen molar-refractivity contribution in [2.75, 3.05) is 10.6 Å². The zero-order valence-electron chi connectivity index (χ0n) is 15.2. The van der Waals surface area contributed by atoms with Crippen LogP contribution in [0.3, 0.4) is 0 Å². The lowest BCUT2D eigenvalue weighted by Crippen LogP contribution is -2.14. The number of rotatable bonds is 4. The summed E-state index contributed by atoms with van der Waals surface area (Å²) in [5, 5.41) is 10.6. The maximum Gasteiger partial charge on any atom is 0.259 e. The molecule has 2 aromatic carbocycles. The molecule has 0 aliphatic carbocycles. The van der Waals surface area contributed by atoms with Crippen molar-refractivity contribution in [1.82, 2.24) is 9.78 Å². The van der Waals surface area contributed by atoms with Crippen molar-refractivity contribution in [1.29, 1.82) is 0 Å². The van der Waals surface area contributed by atoms with E-state index in [1.807, 2.05) is 32.0 Å². The smallest absolute Gasteiger partial charge is 0.259 e. The van der Waals surface area contributed by atoms with Gasteiger partial charge in [-0.1, -0.05) is 11.6 Å². The highest BCUT2D eigenvalue weighted by Gasteiger charge is 2.16. The second-order valence-corrected chi connectivity index (χ2v) is 6.63. The fraction of sp³-hybridized carbons (Fsp3) is 0.150. The molecule has 1 aromatic heterocycles. The van der Waals surface area contributed by atoms with Crippen LogP contribution in [0.1, 0.15) is 28.5 Å². The summed E-state index contributed by atoms with van der Waals surface area (Å²) in [6.45, 7) is 5.16. The van der Waals surface area contributed by atoms with Crippen molar-refractivity contribution in [2.45, 2.75) is 20.8 Å². The van der Waals surface area contributed by atoms with E-state index in [2.05, 4.69) is 15.7 Å². The number of nitrogens with zero attached hydrogens (tertiary/aromatic N) is 2.